The number of carbonyl (C=O) groups is 1. The Morgan fingerprint density at radius 1 is 1.39 bits per heavy atom. The zero-order chi connectivity index (χ0) is 13.0. The Kier molecular flexibility index (Phi) is 4.75. The molecule has 2 rings (SSSR count). The molecule has 0 aliphatic heterocycles. The summed E-state index contributed by atoms with van der Waals surface area (Å²) >= 11 is 6.02. The molecule has 0 unspecified atom stereocenters. The third kappa shape index (κ3) is 3.10. The third-order valence-electron chi connectivity index (χ3n) is 3.50. The molecule has 4 heteroatoms. The van der Waals surface area contributed by atoms with Crippen molar-refractivity contribution in [3.8, 4) is 0 Å². The van der Waals surface area contributed by atoms with Crippen LogP contribution in [0.2, 0.25) is 5.02 Å². The smallest absolute Gasteiger partial charge is 0.178 e. The van der Waals surface area contributed by atoms with Crippen molar-refractivity contribution in [2.45, 2.75) is 25.3 Å². The SMILES string of the molecule is O=C(CN(CCO)C1CCC1)c1ccccc1Cl. The van der Waals surface area contributed by atoms with Crippen LogP contribution in [0.3, 0.4) is 0 Å². The number of nitrogens with zero attached hydrogens (tertiary/aromatic N) is 1. The van der Waals surface area contributed by atoms with Crippen LogP contribution in [0.5, 0.6) is 0 Å². The van der Waals surface area contributed by atoms with Crippen molar-refractivity contribution < 1.29 is 9.90 Å². The molecule has 0 radical (unpaired) electrons. The number of rotatable bonds is 6. The molecule has 0 aromatic heterocycles. The van der Waals surface area contributed by atoms with E-state index in [0.717, 1.165) is 12.8 Å². The van der Waals surface area contributed by atoms with E-state index in [1.807, 2.05) is 12.1 Å². The number of ketones is 1. The Hall–Kier alpha value is -0.900. The molecule has 98 valence electrons. The first-order valence-corrected chi connectivity index (χ1v) is 6.73. The third-order valence-corrected chi connectivity index (χ3v) is 3.83. The lowest BCUT2D eigenvalue weighted by Crippen LogP contribution is -2.44. The van der Waals surface area contributed by atoms with Gasteiger partial charge in [0.2, 0.25) is 0 Å². The lowest BCUT2D eigenvalue weighted by atomic mass is 9.91. The fraction of sp³-hybridized carbons (Fsp3) is 0.500. The summed E-state index contributed by atoms with van der Waals surface area (Å²) in [5.41, 5.74) is 0.571. The van der Waals surface area contributed by atoms with Crippen molar-refractivity contribution in [1.29, 1.82) is 0 Å². The minimum atomic E-state index is 0.0287. The first kappa shape index (κ1) is 13.5. The van der Waals surface area contributed by atoms with Gasteiger partial charge < -0.3 is 5.11 Å². The van der Waals surface area contributed by atoms with Gasteiger partial charge in [0, 0.05) is 18.2 Å². The maximum atomic E-state index is 12.2. The molecule has 1 saturated carbocycles. The molecule has 0 atom stereocenters. The van der Waals surface area contributed by atoms with Crippen molar-refractivity contribution in [3.63, 3.8) is 0 Å². The van der Waals surface area contributed by atoms with Gasteiger partial charge in [-0.1, -0.05) is 30.2 Å². The van der Waals surface area contributed by atoms with Crippen molar-refractivity contribution in [2.75, 3.05) is 19.7 Å². The lowest BCUT2D eigenvalue weighted by Gasteiger charge is -2.36. The number of hydrogen-bond donors (Lipinski definition) is 1. The number of carbonyl (C=O) groups excluding carboxylic acids is 1. The maximum absolute atomic E-state index is 12.2. The molecule has 0 saturated heterocycles. The number of benzene rings is 1. The van der Waals surface area contributed by atoms with Gasteiger partial charge >= 0.3 is 0 Å². The van der Waals surface area contributed by atoms with Crippen molar-refractivity contribution >= 4 is 17.4 Å². The van der Waals surface area contributed by atoms with E-state index in [1.165, 1.54) is 6.42 Å². The molecule has 3 nitrogen and oxygen atoms in total. The molecule has 1 fully saturated rings. The summed E-state index contributed by atoms with van der Waals surface area (Å²) in [6.07, 6.45) is 3.46. The van der Waals surface area contributed by atoms with Crippen LogP contribution in [0, 0.1) is 0 Å². The molecule has 1 aromatic rings. The van der Waals surface area contributed by atoms with Crippen LogP contribution < -0.4 is 0 Å². The first-order valence-electron chi connectivity index (χ1n) is 6.35. The highest BCUT2D eigenvalue weighted by Gasteiger charge is 2.26. The average Bonchev–Trinajstić information content (AvgIpc) is 2.27. The zero-order valence-electron chi connectivity index (χ0n) is 10.3. The standard InChI is InChI=1S/C14H18ClNO2/c15-13-7-2-1-6-12(13)14(18)10-16(8-9-17)11-4-3-5-11/h1-2,6-7,11,17H,3-5,8-10H2. The van der Waals surface area contributed by atoms with Gasteiger partial charge in [-0.15, -0.1) is 0 Å². The van der Waals surface area contributed by atoms with Gasteiger partial charge in [0.15, 0.2) is 5.78 Å². The summed E-state index contributed by atoms with van der Waals surface area (Å²) in [6.45, 7) is 0.988. The minimum absolute atomic E-state index is 0.0287. The summed E-state index contributed by atoms with van der Waals surface area (Å²) < 4.78 is 0. The molecule has 0 amide bonds. The van der Waals surface area contributed by atoms with Crippen LogP contribution in [0.15, 0.2) is 24.3 Å². The van der Waals surface area contributed by atoms with Crippen LogP contribution in [0.25, 0.3) is 0 Å². The molecule has 1 N–H and O–H groups in total. The number of aliphatic hydroxyl groups excluding tert-OH is 1. The van der Waals surface area contributed by atoms with Gasteiger partial charge in [0.1, 0.15) is 0 Å². The Bertz CT molecular complexity index is 418. The number of Topliss-reactive ketones (excluding diaryl/α,β-unsaturated/α-hetero) is 1. The average molecular weight is 268 g/mol. The molecule has 0 bridgehead atoms. The highest BCUT2D eigenvalue weighted by molar-refractivity contribution is 6.34. The van der Waals surface area contributed by atoms with Crippen LogP contribution in [-0.2, 0) is 0 Å². The predicted molar refractivity (Wildman–Crippen MR) is 72.1 cm³/mol. The molecule has 0 spiro atoms. The fourth-order valence-electron chi connectivity index (χ4n) is 2.23. The number of hydrogen-bond acceptors (Lipinski definition) is 3. The van der Waals surface area contributed by atoms with E-state index >= 15 is 0 Å². The minimum Gasteiger partial charge on any atom is -0.395 e. The van der Waals surface area contributed by atoms with E-state index in [-0.39, 0.29) is 12.4 Å². The summed E-state index contributed by atoms with van der Waals surface area (Å²) in [6, 6.07) is 7.57. The molecule has 18 heavy (non-hydrogen) atoms. The summed E-state index contributed by atoms with van der Waals surface area (Å²) in [5.74, 6) is 0.0287. The van der Waals surface area contributed by atoms with E-state index in [9.17, 15) is 4.79 Å². The summed E-state index contributed by atoms with van der Waals surface area (Å²) in [5, 5.41) is 9.56. The molecule has 1 aliphatic rings. The monoisotopic (exact) mass is 267 g/mol. The summed E-state index contributed by atoms with van der Waals surface area (Å²) in [4.78, 5) is 14.3. The molecule has 1 aromatic carbocycles. The van der Waals surface area contributed by atoms with Crippen molar-refractivity contribution in [3.05, 3.63) is 34.9 Å². The van der Waals surface area contributed by atoms with Gasteiger partial charge in [0.25, 0.3) is 0 Å². The largest absolute Gasteiger partial charge is 0.395 e. The van der Waals surface area contributed by atoms with E-state index in [1.54, 1.807) is 12.1 Å². The second kappa shape index (κ2) is 6.32. The van der Waals surface area contributed by atoms with Crippen LogP contribution in [0.4, 0.5) is 0 Å². The van der Waals surface area contributed by atoms with E-state index in [0.29, 0.717) is 29.7 Å². The van der Waals surface area contributed by atoms with Gasteiger partial charge in [0.05, 0.1) is 18.2 Å². The van der Waals surface area contributed by atoms with Gasteiger partial charge in [-0.3, -0.25) is 9.69 Å². The Morgan fingerprint density at radius 3 is 2.67 bits per heavy atom. The highest BCUT2D eigenvalue weighted by Crippen LogP contribution is 2.25. The maximum Gasteiger partial charge on any atom is 0.178 e. The van der Waals surface area contributed by atoms with E-state index < -0.39 is 0 Å². The summed E-state index contributed by atoms with van der Waals surface area (Å²) in [7, 11) is 0. The zero-order valence-corrected chi connectivity index (χ0v) is 11.1. The Balaban J connectivity index is 2.02. The van der Waals surface area contributed by atoms with Gasteiger partial charge in [-0.2, -0.15) is 0 Å². The normalized spacial score (nSPS) is 15.7. The van der Waals surface area contributed by atoms with E-state index in [2.05, 4.69) is 4.90 Å². The van der Waals surface area contributed by atoms with Crippen LogP contribution in [-0.4, -0.2) is 41.5 Å². The fourth-order valence-corrected chi connectivity index (χ4v) is 2.47. The first-order chi connectivity index (χ1) is 8.72. The van der Waals surface area contributed by atoms with Crippen LogP contribution >= 0.6 is 11.6 Å². The van der Waals surface area contributed by atoms with Gasteiger partial charge in [-0.25, -0.2) is 0 Å². The second-order valence-electron chi connectivity index (χ2n) is 4.68. The Morgan fingerprint density at radius 2 is 2.11 bits per heavy atom. The topological polar surface area (TPSA) is 40.5 Å². The predicted octanol–water partition coefficient (Wildman–Crippen LogP) is 2.37. The van der Waals surface area contributed by atoms with Crippen molar-refractivity contribution in [2.24, 2.45) is 0 Å². The van der Waals surface area contributed by atoms with Crippen molar-refractivity contribution in [1.82, 2.24) is 4.90 Å². The molecule has 0 heterocycles. The lowest BCUT2D eigenvalue weighted by molar-refractivity contribution is 0.0747. The number of halogens is 1. The molecular weight excluding hydrogens is 250 g/mol. The highest BCUT2D eigenvalue weighted by atomic mass is 35.5. The molecular formula is C14H18ClNO2. The molecule has 1 aliphatic carbocycles. The Labute approximate surface area is 112 Å². The second-order valence-corrected chi connectivity index (χ2v) is 5.09. The quantitative estimate of drug-likeness (QED) is 0.805. The van der Waals surface area contributed by atoms with Gasteiger partial charge in [-0.05, 0) is 25.0 Å². The van der Waals surface area contributed by atoms with E-state index in [4.69, 9.17) is 16.7 Å². The van der Waals surface area contributed by atoms with Crippen LogP contribution in [0.1, 0.15) is 29.6 Å². The number of aliphatic hydroxyl groups is 1.